The van der Waals surface area contributed by atoms with E-state index in [1.807, 2.05) is 35.7 Å². The van der Waals surface area contributed by atoms with Crippen molar-refractivity contribution in [3.05, 3.63) is 52.5 Å². The highest BCUT2D eigenvalue weighted by molar-refractivity contribution is 7.09. The summed E-state index contributed by atoms with van der Waals surface area (Å²) in [6.07, 6.45) is 2.12. The standard InChI is InChI=1S/C11H9NOS/c13-10(8-11-12-6-7-14-11)9-4-2-1-3-5-9/h1-7H,8H2. The van der Waals surface area contributed by atoms with Gasteiger partial charge in [-0.3, -0.25) is 4.79 Å². The smallest absolute Gasteiger partial charge is 0.169 e. The van der Waals surface area contributed by atoms with Gasteiger partial charge in [0.05, 0.1) is 6.42 Å². The van der Waals surface area contributed by atoms with Crippen LogP contribution in [0, 0.1) is 0 Å². The molecule has 0 aliphatic heterocycles. The minimum Gasteiger partial charge on any atom is -0.294 e. The number of carbonyl (C=O) groups is 1. The van der Waals surface area contributed by atoms with Crippen LogP contribution in [0.15, 0.2) is 41.9 Å². The third-order valence-electron chi connectivity index (χ3n) is 1.89. The van der Waals surface area contributed by atoms with Crippen molar-refractivity contribution in [1.82, 2.24) is 4.98 Å². The summed E-state index contributed by atoms with van der Waals surface area (Å²) in [6, 6.07) is 9.30. The molecule has 0 aliphatic rings. The lowest BCUT2D eigenvalue weighted by Gasteiger charge is -1.96. The van der Waals surface area contributed by atoms with Gasteiger partial charge in [-0.2, -0.15) is 0 Å². The van der Waals surface area contributed by atoms with Crippen molar-refractivity contribution < 1.29 is 4.79 Å². The molecule has 70 valence electrons. The fourth-order valence-electron chi connectivity index (χ4n) is 1.20. The molecule has 2 rings (SSSR count). The molecular weight excluding hydrogens is 194 g/mol. The zero-order chi connectivity index (χ0) is 9.80. The second-order valence-electron chi connectivity index (χ2n) is 2.89. The molecule has 2 nitrogen and oxygen atoms in total. The Morgan fingerprint density at radius 1 is 1.29 bits per heavy atom. The van der Waals surface area contributed by atoms with Crippen LogP contribution in [0.3, 0.4) is 0 Å². The zero-order valence-electron chi connectivity index (χ0n) is 7.51. The molecule has 0 unspecified atom stereocenters. The summed E-state index contributed by atoms with van der Waals surface area (Å²) < 4.78 is 0. The molecule has 14 heavy (non-hydrogen) atoms. The number of benzene rings is 1. The van der Waals surface area contributed by atoms with E-state index in [2.05, 4.69) is 4.98 Å². The number of nitrogens with zero attached hydrogens (tertiary/aromatic N) is 1. The van der Waals surface area contributed by atoms with E-state index < -0.39 is 0 Å². The predicted octanol–water partition coefficient (Wildman–Crippen LogP) is 2.57. The number of hydrogen-bond acceptors (Lipinski definition) is 3. The van der Waals surface area contributed by atoms with Crippen LogP contribution in [-0.4, -0.2) is 10.8 Å². The van der Waals surface area contributed by atoms with E-state index in [4.69, 9.17) is 0 Å². The molecule has 0 atom stereocenters. The largest absolute Gasteiger partial charge is 0.294 e. The average molecular weight is 203 g/mol. The van der Waals surface area contributed by atoms with Crippen LogP contribution >= 0.6 is 11.3 Å². The molecule has 0 bridgehead atoms. The molecule has 0 saturated carbocycles. The minimum atomic E-state index is 0.126. The fraction of sp³-hybridized carbons (Fsp3) is 0.0909. The highest BCUT2D eigenvalue weighted by atomic mass is 32.1. The second kappa shape index (κ2) is 4.15. The number of ketones is 1. The Morgan fingerprint density at radius 2 is 2.07 bits per heavy atom. The van der Waals surface area contributed by atoms with Gasteiger partial charge in [0.25, 0.3) is 0 Å². The summed E-state index contributed by atoms with van der Waals surface area (Å²) in [6.45, 7) is 0. The van der Waals surface area contributed by atoms with Crippen molar-refractivity contribution in [3.63, 3.8) is 0 Å². The van der Waals surface area contributed by atoms with Crippen LogP contribution in [0.5, 0.6) is 0 Å². The van der Waals surface area contributed by atoms with E-state index in [1.54, 1.807) is 6.20 Å². The van der Waals surface area contributed by atoms with Crippen molar-refractivity contribution in [3.8, 4) is 0 Å². The van der Waals surface area contributed by atoms with Gasteiger partial charge in [0, 0.05) is 17.1 Å². The molecule has 1 heterocycles. The molecule has 3 heteroatoms. The molecule has 0 saturated heterocycles. The molecular formula is C11H9NOS. The minimum absolute atomic E-state index is 0.126. The molecule has 0 amide bonds. The monoisotopic (exact) mass is 203 g/mol. The predicted molar refractivity (Wildman–Crippen MR) is 56.6 cm³/mol. The number of carbonyl (C=O) groups excluding carboxylic acids is 1. The lowest BCUT2D eigenvalue weighted by molar-refractivity contribution is 0.0993. The summed E-state index contributed by atoms with van der Waals surface area (Å²) in [7, 11) is 0. The second-order valence-corrected chi connectivity index (χ2v) is 3.87. The number of rotatable bonds is 3. The fourth-order valence-corrected chi connectivity index (χ4v) is 1.82. The lowest BCUT2D eigenvalue weighted by Crippen LogP contribution is -2.02. The SMILES string of the molecule is O=C(Cc1nccs1)c1ccccc1. The first-order valence-electron chi connectivity index (χ1n) is 4.33. The Morgan fingerprint density at radius 3 is 2.71 bits per heavy atom. The van der Waals surface area contributed by atoms with E-state index in [9.17, 15) is 4.79 Å². The Balaban J connectivity index is 2.11. The molecule has 0 N–H and O–H groups in total. The van der Waals surface area contributed by atoms with Gasteiger partial charge < -0.3 is 0 Å². The van der Waals surface area contributed by atoms with Gasteiger partial charge in [-0.25, -0.2) is 4.98 Å². The molecule has 1 aromatic carbocycles. The molecule has 1 aromatic heterocycles. The van der Waals surface area contributed by atoms with E-state index in [1.165, 1.54) is 11.3 Å². The van der Waals surface area contributed by atoms with Crippen molar-refractivity contribution in [2.75, 3.05) is 0 Å². The molecule has 0 fully saturated rings. The maximum Gasteiger partial charge on any atom is 0.169 e. The maximum absolute atomic E-state index is 11.7. The summed E-state index contributed by atoms with van der Waals surface area (Å²) >= 11 is 1.51. The first-order valence-corrected chi connectivity index (χ1v) is 5.21. The first kappa shape index (κ1) is 9.09. The van der Waals surface area contributed by atoms with Gasteiger partial charge in [-0.1, -0.05) is 30.3 Å². The van der Waals surface area contributed by atoms with Crippen molar-refractivity contribution >= 4 is 17.1 Å². The van der Waals surface area contributed by atoms with Crippen LogP contribution in [0.1, 0.15) is 15.4 Å². The highest BCUT2D eigenvalue weighted by Gasteiger charge is 2.07. The Labute approximate surface area is 86.2 Å². The Bertz CT molecular complexity index is 408. The third kappa shape index (κ3) is 2.06. The maximum atomic E-state index is 11.7. The Kier molecular flexibility index (Phi) is 2.70. The van der Waals surface area contributed by atoms with Crippen molar-refractivity contribution in [2.45, 2.75) is 6.42 Å². The number of hydrogen-bond donors (Lipinski definition) is 0. The quantitative estimate of drug-likeness (QED) is 0.717. The van der Waals surface area contributed by atoms with Crippen molar-refractivity contribution in [1.29, 1.82) is 0 Å². The topological polar surface area (TPSA) is 30.0 Å². The van der Waals surface area contributed by atoms with Crippen LogP contribution in [0.2, 0.25) is 0 Å². The van der Waals surface area contributed by atoms with Gasteiger partial charge in [-0.15, -0.1) is 11.3 Å². The van der Waals surface area contributed by atoms with Crippen LogP contribution in [0.25, 0.3) is 0 Å². The van der Waals surface area contributed by atoms with Crippen molar-refractivity contribution in [2.24, 2.45) is 0 Å². The third-order valence-corrected chi connectivity index (χ3v) is 2.67. The molecule has 0 aliphatic carbocycles. The molecule has 2 aromatic rings. The lowest BCUT2D eigenvalue weighted by atomic mass is 10.1. The van der Waals surface area contributed by atoms with Gasteiger partial charge in [0.1, 0.15) is 5.01 Å². The van der Waals surface area contributed by atoms with E-state index in [-0.39, 0.29) is 5.78 Å². The van der Waals surface area contributed by atoms with Gasteiger partial charge in [0.2, 0.25) is 0 Å². The van der Waals surface area contributed by atoms with Crippen LogP contribution in [-0.2, 0) is 6.42 Å². The van der Waals surface area contributed by atoms with E-state index >= 15 is 0 Å². The van der Waals surface area contributed by atoms with Gasteiger partial charge >= 0.3 is 0 Å². The summed E-state index contributed by atoms with van der Waals surface area (Å²) in [4.78, 5) is 15.8. The zero-order valence-corrected chi connectivity index (χ0v) is 8.33. The van der Waals surface area contributed by atoms with Crippen LogP contribution in [0.4, 0.5) is 0 Å². The van der Waals surface area contributed by atoms with Gasteiger partial charge in [0.15, 0.2) is 5.78 Å². The molecule has 0 radical (unpaired) electrons. The van der Waals surface area contributed by atoms with Crippen LogP contribution < -0.4 is 0 Å². The first-order chi connectivity index (χ1) is 6.86. The molecule has 0 spiro atoms. The summed E-state index contributed by atoms with van der Waals surface area (Å²) in [5, 5.41) is 2.76. The van der Waals surface area contributed by atoms with E-state index in [0.717, 1.165) is 10.6 Å². The Hall–Kier alpha value is -1.48. The number of aromatic nitrogens is 1. The summed E-state index contributed by atoms with van der Waals surface area (Å²) in [5.41, 5.74) is 0.752. The number of Topliss-reactive ketones (excluding diaryl/α,β-unsaturated/α-hetero) is 1. The normalized spacial score (nSPS) is 10.0. The average Bonchev–Trinajstić information content (AvgIpc) is 2.72. The highest BCUT2D eigenvalue weighted by Crippen LogP contribution is 2.09. The number of thiazole rings is 1. The summed E-state index contributed by atoms with van der Waals surface area (Å²) in [5.74, 6) is 0.126. The van der Waals surface area contributed by atoms with Gasteiger partial charge in [-0.05, 0) is 0 Å². The van der Waals surface area contributed by atoms with E-state index in [0.29, 0.717) is 6.42 Å².